The molecule has 2 aromatic rings. The zero-order chi connectivity index (χ0) is 15.4. The lowest BCUT2D eigenvalue weighted by Crippen LogP contribution is -2.22. The van der Waals surface area contributed by atoms with Crippen LogP contribution in [-0.2, 0) is 0 Å². The van der Waals surface area contributed by atoms with Gasteiger partial charge in [-0.15, -0.1) is 0 Å². The molecule has 0 saturated carbocycles. The average Bonchev–Trinajstić information content (AvgIpc) is 2.48. The van der Waals surface area contributed by atoms with Crippen LogP contribution in [-0.4, -0.2) is 13.7 Å². The molecule has 0 fully saturated rings. The minimum Gasteiger partial charge on any atom is -0.496 e. The van der Waals surface area contributed by atoms with E-state index >= 15 is 0 Å². The summed E-state index contributed by atoms with van der Waals surface area (Å²) in [6.07, 6.45) is 0. The predicted octanol–water partition coefficient (Wildman–Crippen LogP) is 4.84. The van der Waals surface area contributed by atoms with Crippen molar-refractivity contribution >= 4 is 23.2 Å². The van der Waals surface area contributed by atoms with Crippen molar-refractivity contribution in [2.24, 2.45) is 0 Å². The van der Waals surface area contributed by atoms with E-state index in [9.17, 15) is 4.39 Å². The highest BCUT2D eigenvalue weighted by Crippen LogP contribution is 2.33. The number of methoxy groups -OCH3 is 1. The van der Waals surface area contributed by atoms with Crippen LogP contribution in [0.25, 0.3) is 0 Å². The first-order chi connectivity index (χ1) is 10.1. The van der Waals surface area contributed by atoms with Crippen LogP contribution in [0, 0.1) is 5.82 Å². The number of hydrogen-bond donors (Lipinski definition) is 1. The Labute approximate surface area is 133 Å². The molecule has 0 aliphatic rings. The molecule has 0 heterocycles. The van der Waals surface area contributed by atoms with Crippen molar-refractivity contribution in [3.05, 3.63) is 63.4 Å². The molecule has 1 N–H and O–H groups in total. The summed E-state index contributed by atoms with van der Waals surface area (Å²) in [6.45, 7) is 2.70. The highest BCUT2D eigenvalue weighted by atomic mass is 35.5. The van der Waals surface area contributed by atoms with Gasteiger partial charge in [0.25, 0.3) is 0 Å². The number of halogens is 3. The summed E-state index contributed by atoms with van der Waals surface area (Å²) < 4.78 is 19.1. The second-order valence-corrected chi connectivity index (χ2v) is 5.39. The SMILES string of the molecule is CCNC(c1ccc(Cl)c(F)c1)c1cc(Cl)ccc1OC. The summed E-state index contributed by atoms with van der Waals surface area (Å²) in [5.41, 5.74) is 1.62. The molecule has 2 aromatic carbocycles. The van der Waals surface area contributed by atoms with E-state index in [-0.39, 0.29) is 11.1 Å². The molecule has 1 atom stereocenters. The maximum Gasteiger partial charge on any atom is 0.142 e. The van der Waals surface area contributed by atoms with Crippen molar-refractivity contribution in [1.82, 2.24) is 5.32 Å². The first-order valence-corrected chi connectivity index (χ1v) is 7.34. The van der Waals surface area contributed by atoms with E-state index in [1.54, 1.807) is 31.4 Å². The van der Waals surface area contributed by atoms with E-state index in [4.69, 9.17) is 27.9 Å². The van der Waals surface area contributed by atoms with Gasteiger partial charge >= 0.3 is 0 Å². The zero-order valence-corrected chi connectivity index (χ0v) is 13.3. The third kappa shape index (κ3) is 3.67. The first-order valence-electron chi connectivity index (χ1n) is 6.58. The van der Waals surface area contributed by atoms with Gasteiger partial charge in [-0.3, -0.25) is 0 Å². The van der Waals surface area contributed by atoms with Crippen LogP contribution in [0.4, 0.5) is 4.39 Å². The largest absolute Gasteiger partial charge is 0.496 e. The van der Waals surface area contributed by atoms with Gasteiger partial charge in [-0.2, -0.15) is 0 Å². The van der Waals surface area contributed by atoms with E-state index in [1.165, 1.54) is 6.07 Å². The maximum absolute atomic E-state index is 13.7. The molecule has 2 nitrogen and oxygen atoms in total. The van der Waals surface area contributed by atoms with Crippen LogP contribution in [0.5, 0.6) is 5.75 Å². The Hall–Kier alpha value is -1.29. The Bertz CT molecular complexity index is 634. The van der Waals surface area contributed by atoms with Crippen molar-refractivity contribution < 1.29 is 9.13 Å². The first kappa shape index (κ1) is 16.1. The number of rotatable bonds is 5. The lowest BCUT2D eigenvalue weighted by molar-refractivity contribution is 0.404. The fourth-order valence-electron chi connectivity index (χ4n) is 2.23. The van der Waals surface area contributed by atoms with Gasteiger partial charge in [0, 0.05) is 10.6 Å². The smallest absolute Gasteiger partial charge is 0.142 e. The van der Waals surface area contributed by atoms with Crippen molar-refractivity contribution in [3.63, 3.8) is 0 Å². The topological polar surface area (TPSA) is 21.3 Å². The van der Waals surface area contributed by atoms with Crippen LogP contribution in [0.3, 0.4) is 0 Å². The predicted molar refractivity (Wildman–Crippen MR) is 84.9 cm³/mol. The van der Waals surface area contributed by atoms with Gasteiger partial charge in [-0.25, -0.2) is 4.39 Å². The minimum absolute atomic E-state index is 0.104. The standard InChI is InChI=1S/C16H16Cl2FNO/c1-3-20-16(10-4-6-13(18)14(19)8-10)12-9-11(17)5-7-15(12)21-2/h4-9,16,20H,3H2,1-2H3. The molecule has 0 aliphatic heterocycles. The van der Waals surface area contributed by atoms with Crippen LogP contribution >= 0.6 is 23.2 Å². The molecule has 0 aromatic heterocycles. The summed E-state index contributed by atoms with van der Waals surface area (Å²) in [5.74, 6) is 0.249. The average molecular weight is 328 g/mol. The van der Waals surface area contributed by atoms with Crippen molar-refractivity contribution in [2.45, 2.75) is 13.0 Å². The van der Waals surface area contributed by atoms with Crippen LogP contribution in [0.2, 0.25) is 10.0 Å². The van der Waals surface area contributed by atoms with Gasteiger partial charge < -0.3 is 10.1 Å². The van der Waals surface area contributed by atoms with Crippen molar-refractivity contribution in [2.75, 3.05) is 13.7 Å². The third-order valence-corrected chi connectivity index (χ3v) is 3.73. The van der Waals surface area contributed by atoms with Gasteiger partial charge in [-0.1, -0.05) is 36.2 Å². The molecule has 2 rings (SSSR count). The second-order valence-electron chi connectivity index (χ2n) is 4.55. The van der Waals surface area contributed by atoms with E-state index < -0.39 is 5.82 Å². The second kappa shape index (κ2) is 7.12. The van der Waals surface area contributed by atoms with Crippen molar-refractivity contribution in [3.8, 4) is 5.75 Å². The normalized spacial score (nSPS) is 12.2. The molecular formula is C16H16Cl2FNO. The van der Waals surface area contributed by atoms with Gasteiger partial charge in [0.05, 0.1) is 18.2 Å². The van der Waals surface area contributed by atoms with Gasteiger partial charge in [-0.05, 0) is 42.4 Å². The van der Waals surface area contributed by atoms with Gasteiger partial charge in [0.15, 0.2) is 0 Å². The fourth-order valence-corrected chi connectivity index (χ4v) is 2.53. The molecule has 0 saturated heterocycles. The molecule has 0 spiro atoms. The molecular weight excluding hydrogens is 312 g/mol. The summed E-state index contributed by atoms with van der Waals surface area (Å²) in [5, 5.41) is 4.02. The Kier molecular flexibility index (Phi) is 5.45. The number of ether oxygens (including phenoxy) is 1. The molecule has 5 heteroatoms. The van der Waals surface area contributed by atoms with Gasteiger partial charge in [0.1, 0.15) is 11.6 Å². The summed E-state index contributed by atoms with van der Waals surface area (Å²) in [4.78, 5) is 0. The van der Waals surface area contributed by atoms with Crippen LogP contribution < -0.4 is 10.1 Å². The Morgan fingerprint density at radius 3 is 2.57 bits per heavy atom. The summed E-state index contributed by atoms with van der Waals surface area (Å²) in [7, 11) is 1.60. The van der Waals surface area contributed by atoms with E-state index in [0.717, 1.165) is 11.1 Å². The summed E-state index contributed by atoms with van der Waals surface area (Å²) in [6, 6.07) is 9.92. The Balaban J connectivity index is 2.52. The number of hydrogen-bond acceptors (Lipinski definition) is 2. The van der Waals surface area contributed by atoms with Crippen LogP contribution in [0.15, 0.2) is 36.4 Å². The molecule has 0 bridgehead atoms. The lowest BCUT2D eigenvalue weighted by atomic mass is 9.97. The quantitative estimate of drug-likeness (QED) is 0.848. The van der Waals surface area contributed by atoms with Gasteiger partial charge in [0.2, 0.25) is 0 Å². The Morgan fingerprint density at radius 2 is 1.95 bits per heavy atom. The molecule has 0 radical (unpaired) electrons. The number of nitrogens with one attached hydrogen (secondary N) is 1. The van der Waals surface area contributed by atoms with Crippen molar-refractivity contribution in [1.29, 1.82) is 0 Å². The van der Waals surface area contributed by atoms with Crippen LogP contribution in [0.1, 0.15) is 24.1 Å². The highest BCUT2D eigenvalue weighted by molar-refractivity contribution is 6.31. The highest BCUT2D eigenvalue weighted by Gasteiger charge is 2.19. The molecule has 0 amide bonds. The monoisotopic (exact) mass is 327 g/mol. The lowest BCUT2D eigenvalue weighted by Gasteiger charge is -2.21. The third-order valence-electron chi connectivity index (χ3n) is 3.19. The van der Waals surface area contributed by atoms with E-state index in [2.05, 4.69) is 5.32 Å². The Morgan fingerprint density at radius 1 is 1.19 bits per heavy atom. The zero-order valence-electron chi connectivity index (χ0n) is 11.8. The fraction of sp³-hybridized carbons (Fsp3) is 0.250. The molecule has 0 aliphatic carbocycles. The maximum atomic E-state index is 13.7. The number of benzene rings is 2. The van der Waals surface area contributed by atoms with E-state index in [1.807, 2.05) is 13.0 Å². The minimum atomic E-state index is -0.446. The summed E-state index contributed by atoms with van der Waals surface area (Å²) >= 11 is 11.8. The molecule has 1 unspecified atom stereocenters. The molecule has 21 heavy (non-hydrogen) atoms. The van der Waals surface area contributed by atoms with E-state index in [0.29, 0.717) is 17.3 Å². The molecule has 112 valence electrons.